The van der Waals surface area contributed by atoms with Crippen molar-refractivity contribution in [3.8, 4) is 5.75 Å². The molecular weight excluding hydrogens is 236 g/mol. The summed E-state index contributed by atoms with van der Waals surface area (Å²) in [5.74, 6) is 0.734. The second-order valence-electron chi connectivity index (χ2n) is 4.43. The van der Waals surface area contributed by atoms with Gasteiger partial charge in [0.2, 0.25) is 0 Å². The summed E-state index contributed by atoms with van der Waals surface area (Å²) in [4.78, 5) is 0. The number of nitrogen functional groups attached to an aromatic ring is 1. The Morgan fingerprint density at radius 1 is 1.11 bits per heavy atom. The highest BCUT2D eigenvalue weighted by molar-refractivity contribution is 5.73. The standard InChI is InChI=1S/C16H20N2O/c1-3-19-15-10-6-9-14(16(15)17)18-11-13-8-5-4-7-12(13)2/h4-10,18H,3,11,17H2,1-2H3. The fraction of sp³-hybridized carbons (Fsp3) is 0.250. The van der Waals surface area contributed by atoms with Crippen molar-refractivity contribution in [3.63, 3.8) is 0 Å². The number of aryl methyl sites for hydroxylation is 1. The zero-order valence-corrected chi connectivity index (χ0v) is 11.4. The molecule has 0 saturated heterocycles. The maximum absolute atomic E-state index is 6.08. The zero-order valence-electron chi connectivity index (χ0n) is 11.4. The number of nitrogens with two attached hydrogens (primary N) is 1. The van der Waals surface area contributed by atoms with Crippen LogP contribution >= 0.6 is 0 Å². The van der Waals surface area contributed by atoms with Crippen molar-refractivity contribution in [2.75, 3.05) is 17.7 Å². The molecule has 0 heterocycles. The number of hydrogen-bond donors (Lipinski definition) is 2. The summed E-state index contributed by atoms with van der Waals surface area (Å²) in [5.41, 5.74) is 10.2. The van der Waals surface area contributed by atoms with Crippen LogP contribution in [0.2, 0.25) is 0 Å². The van der Waals surface area contributed by atoms with Gasteiger partial charge in [-0.3, -0.25) is 0 Å². The summed E-state index contributed by atoms with van der Waals surface area (Å²) in [7, 11) is 0. The van der Waals surface area contributed by atoms with Crippen molar-refractivity contribution in [3.05, 3.63) is 53.6 Å². The number of para-hydroxylation sites is 1. The Balaban J connectivity index is 2.12. The number of benzene rings is 2. The van der Waals surface area contributed by atoms with Gasteiger partial charge in [-0.25, -0.2) is 0 Å². The van der Waals surface area contributed by atoms with Crippen LogP contribution in [-0.2, 0) is 6.54 Å². The summed E-state index contributed by atoms with van der Waals surface area (Å²) >= 11 is 0. The molecule has 3 N–H and O–H groups in total. The lowest BCUT2D eigenvalue weighted by Crippen LogP contribution is -2.05. The molecule has 0 spiro atoms. The average Bonchev–Trinajstić information content (AvgIpc) is 2.42. The van der Waals surface area contributed by atoms with Crippen molar-refractivity contribution in [2.24, 2.45) is 0 Å². The van der Waals surface area contributed by atoms with Crippen molar-refractivity contribution in [2.45, 2.75) is 20.4 Å². The van der Waals surface area contributed by atoms with Crippen LogP contribution in [0.1, 0.15) is 18.1 Å². The van der Waals surface area contributed by atoms with Gasteiger partial charge in [-0.05, 0) is 37.1 Å². The number of rotatable bonds is 5. The van der Waals surface area contributed by atoms with Gasteiger partial charge in [0, 0.05) is 6.54 Å². The van der Waals surface area contributed by atoms with Crippen LogP contribution in [0.5, 0.6) is 5.75 Å². The molecule has 0 fully saturated rings. The van der Waals surface area contributed by atoms with E-state index in [1.807, 2.05) is 37.3 Å². The fourth-order valence-electron chi connectivity index (χ4n) is 1.98. The lowest BCUT2D eigenvalue weighted by Gasteiger charge is -2.14. The van der Waals surface area contributed by atoms with Crippen molar-refractivity contribution < 1.29 is 4.74 Å². The van der Waals surface area contributed by atoms with Gasteiger partial charge in [-0.15, -0.1) is 0 Å². The smallest absolute Gasteiger partial charge is 0.144 e. The van der Waals surface area contributed by atoms with Crippen LogP contribution in [-0.4, -0.2) is 6.61 Å². The molecule has 19 heavy (non-hydrogen) atoms. The van der Waals surface area contributed by atoms with Crippen LogP contribution in [0.4, 0.5) is 11.4 Å². The molecule has 0 amide bonds. The quantitative estimate of drug-likeness (QED) is 0.804. The van der Waals surface area contributed by atoms with Crippen LogP contribution in [0.15, 0.2) is 42.5 Å². The summed E-state index contributed by atoms with van der Waals surface area (Å²) in [6.07, 6.45) is 0. The number of anilines is 2. The van der Waals surface area contributed by atoms with Crippen LogP contribution in [0.25, 0.3) is 0 Å². The van der Waals surface area contributed by atoms with E-state index in [-0.39, 0.29) is 0 Å². The van der Waals surface area contributed by atoms with Crippen molar-refractivity contribution in [1.82, 2.24) is 0 Å². The molecule has 3 heteroatoms. The summed E-state index contributed by atoms with van der Waals surface area (Å²) in [5, 5.41) is 3.36. The summed E-state index contributed by atoms with van der Waals surface area (Å²) in [6, 6.07) is 14.1. The molecular formula is C16H20N2O. The molecule has 2 rings (SSSR count). The number of nitrogens with one attached hydrogen (secondary N) is 1. The molecule has 0 aliphatic heterocycles. The molecule has 0 aromatic heterocycles. The van der Waals surface area contributed by atoms with Crippen LogP contribution in [0, 0.1) is 6.92 Å². The Bertz CT molecular complexity index is 552. The van der Waals surface area contributed by atoms with E-state index in [9.17, 15) is 0 Å². The fourth-order valence-corrected chi connectivity index (χ4v) is 1.98. The molecule has 0 saturated carbocycles. The van der Waals surface area contributed by atoms with Gasteiger partial charge in [0.1, 0.15) is 5.75 Å². The Hall–Kier alpha value is -2.16. The molecule has 0 bridgehead atoms. The van der Waals surface area contributed by atoms with E-state index in [1.54, 1.807) is 0 Å². The van der Waals surface area contributed by atoms with Gasteiger partial charge >= 0.3 is 0 Å². The Morgan fingerprint density at radius 3 is 2.63 bits per heavy atom. The minimum atomic E-state index is 0.617. The maximum atomic E-state index is 6.08. The molecule has 2 aromatic carbocycles. The summed E-state index contributed by atoms with van der Waals surface area (Å²) in [6.45, 7) is 5.43. The third-order valence-corrected chi connectivity index (χ3v) is 3.10. The van der Waals surface area contributed by atoms with Crippen LogP contribution in [0.3, 0.4) is 0 Å². The van der Waals surface area contributed by atoms with Crippen LogP contribution < -0.4 is 15.8 Å². The SMILES string of the molecule is CCOc1cccc(NCc2ccccc2C)c1N. The van der Waals surface area contributed by atoms with E-state index in [1.165, 1.54) is 11.1 Å². The normalized spacial score (nSPS) is 10.2. The Kier molecular flexibility index (Phi) is 4.29. The molecule has 0 unspecified atom stereocenters. The van der Waals surface area contributed by atoms with Gasteiger partial charge in [-0.1, -0.05) is 30.3 Å². The number of ether oxygens (including phenoxy) is 1. The summed E-state index contributed by atoms with van der Waals surface area (Å²) < 4.78 is 5.49. The van der Waals surface area contributed by atoms with Gasteiger partial charge in [0.05, 0.1) is 18.0 Å². The van der Waals surface area contributed by atoms with E-state index >= 15 is 0 Å². The molecule has 100 valence electrons. The van der Waals surface area contributed by atoms with Gasteiger partial charge in [0.15, 0.2) is 0 Å². The van der Waals surface area contributed by atoms with E-state index in [4.69, 9.17) is 10.5 Å². The first kappa shape index (κ1) is 13.3. The first-order valence-electron chi connectivity index (χ1n) is 6.52. The Labute approximate surface area is 114 Å². The topological polar surface area (TPSA) is 47.3 Å². The second kappa shape index (κ2) is 6.14. The largest absolute Gasteiger partial charge is 0.492 e. The van der Waals surface area contributed by atoms with E-state index in [0.29, 0.717) is 12.3 Å². The third-order valence-electron chi connectivity index (χ3n) is 3.10. The van der Waals surface area contributed by atoms with Crippen molar-refractivity contribution >= 4 is 11.4 Å². The molecule has 2 aromatic rings. The number of hydrogen-bond acceptors (Lipinski definition) is 3. The van der Waals surface area contributed by atoms with Gasteiger partial charge < -0.3 is 15.8 Å². The van der Waals surface area contributed by atoms with E-state index in [0.717, 1.165) is 18.0 Å². The monoisotopic (exact) mass is 256 g/mol. The molecule has 0 aliphatic rings. The highest BCUT2D eigenvalue weighted by Crippen LogP contribution is 2.29. The van der Waals surface area contributed by atoms with Crippen molar-refractivity contribution in [1.29, 1.82) is 0 Å². The first-order valence-corrected chi connectivity index (χ1v) is 6.52. The minimum absolute atomic E-state index is 0.617. The lowest BCUT2D eigenvalue weighted by molar-refractivity contribution is 0.342. The van der Waals surface area contributed by atoms with Gasteiger partial charge in [-0.2, -0.15) is 0 Å². The predicted molar refractivity (Wildman–Crippen MR) is 80.5 cm³/mol. The highest BCUT2D eigenvalue weighted by Gasteiger charge is 2.05. The second-order valence-corrected chi connectivity index (χ2v) is 4.43. The minimum Gasteiger partial charge on any atom is -0.492 e. The Morgan fingerprint density at radius 2 is 1.89 bits per heavy atom. The lowest BCUT2D eigenvalue weighted by atomic mass is 10.1. The highest BCUT2D eigenvalue weighted by atomic mass is 16.5. The van der Waals surface area contributed by atoms with E-state index in [2.05, 4.69) is 24.4 Å². The molecule has 0 radical (unpaired) electrons. The molecule has 3 nitrogen and oxygen atoms in total. The molecule has 0 atom stereocenters. The van der Waals surface area contributed by atoms with E-state index < -0.39 is 0 Å². The first-order chi connectivity index (χ1) is 9.22. The zero-order chi connectivity index (χ0) is 13.7. The van der Waals surface area contributed by atoms with Gasteiger partial charge in [0.25, 0.3) is 0 Å². The predicted octanol–water partition coefficient (Wildman–Crippen LogP) is 3.59. The molecule has 0 aliphatic carbocycles. The maximum Gasteiger partial charge on any atom is 0.144 e. The third kappa shape index (κ3) is 3.19. The average molecular weight is 256 g/mol.